The van der Waals surface area contributed by atoms with Crippen molar-refractivity contribution in [2.24, 2.45) is 0 Å². The number of carbonyl (C=O) groups excluding carboxylic acids is 1. The first-order valence-electron chi connectivity index (χ1n) is 10.2. The van der Waals surface area contributed by atoms with Crippen molar-refractivity contribution in [3.63, 3.8) is 0 Å². The van der Waals surface area contributed by atoms with Crippen molar-refractivity contribution in [3.05, 3.63) is 60.7 Å². The number of imidazole rings is 1. The van der Waals surface area contributed by atoms with E-state index in [-0.39, 0.29) is 11.7 Å². The molecule has 0 bridgehead atoms. The van der Waals surface area contributed by atoms with E-state index in [1.807, 2.05) is 60.7 Å². The molecule has 0 spiro atoms. The van der Waals surface area contributed by atoms with E-state index in [9.17, 15) is 10.1 Å². The number of amides is 1. The monoisotopic (exact) mass is 416 g/mol. The first kappa shape index (κ1) is 20.2. The fourth-order valence-electron chi connectivity index (χ4n) is 3.90. The maximum absolute atomic E-state index is 12.6. The van der Waals surface area contributed by atoms with Crippen LogP contribution >= 0.6 is 11.8 Å². The van der Waals surface area contributed by atoms with Gasteiger partial charge in [0, 0.05) is 11.1 Å². The number of hydrogen-bond donors (Lipinski definition) is 2. The standard InChI is InChI=1S/C24H24N4OS/c25-17-24(14-8-3-9-15-24)28-20(29)16-30-23-26-21(18-10-4-1-5-11-18)22(27-23)19-12-6-2-7-13-19/h1-2,4-7,10-13H,3,8-9,14-16H2,(H,26,27)(H,28,29). The number of aromatic nitrogens is 2. The third-order valence-corrected chi connectivity index (χ3v) is 6.30. The Bertz CT molecular complexity index is 977. The lowest BCUT2D eigenvalue weighted by atomic mass is 9.83. The average Bonchev–Trinajstić information content (AvgIpc) is 3.24. The molecule has 4 rings (SSSR count). The fourth-order valence-corrected chi connectivity index (χ4v) is 4.57. The Morgan fingerprint density at radius 1 is 1.03 bits per heavy atom. The van der Waals surface area contributed by atoms with Crippen molar-refractivity contribution in [2.45, 2.75) is 42.8 Å². The number of aromatic amines is 1. The molecule has 3 aromatic rings. The predicted octanol–water partition coefficient (Wildman–Crippen LogP) is 5.18. The fraction of sp³-hybridized carbons (Fsp3) is 0.292. The van der Waals surface area contributed by atoms with E-state index in [1.165, 1.54) is 11.8 Å². The highest BCUT2D eigenvalue weighted by molar-refractivity contribution is 7.99. The number of carbonyl (C=O) groups is 1. The lowest BCUT2D eigenvalue weighted by molar-refractivity contribution is -0.120. The van der Waals surface area contributed by atoms with Crippen molar-refractivity contribution in [1.29, 1.82) is 5.26 Å². The minimum Gasteiger partial charge on any atom is -0.337 e. The Morgan fingerprint density at radius 3 is 2.30 bits per heavy atom. The van der Waals surface area contributed by atoms with Crippen LogP contribution in [0, 0.1) is 11.3 Å². The van der Waals surface area contributed by atoms with Gasteiger partial charge in [-0.15, -0.1) is 0 Å². The van der Waals surface area contributed by atoms with Crippen LogP contribution in [0.25, 0.3) is 22.5 Å². The van der Waals surface area contributed by atoms with Gasteiger partial charge in [0.2, 0.25) is 5.91 Å². The van der Waals surface area contributed by atoms with Crippen LogP contribution < -0.4 is 5.32 Å². The van der Waals surface area contributed by atoms with Gasteiger partial charge >= 0.3 is 0 Å². The highest BCUT2D eigenvalue weighted by Crippen LogP contribution is 2.33. The second-order valence-corrected chi connectivity index (χ2v) is 8.55. The molecule has 1 aliphatic carbocycles. The van der Waals surface area contributed by atoms with E-state index in [4.69, 9.17) is 4.98 Å². The molecule has 2 N–H and O–H groups in total. The molecule has 0 radical (unpaired) electrons. The smallest absolute Gasteiger partial charge is 0.231 e. The van der Waals surface area contributed by atoms with Crippen LogP contribution in [-0.2, 0) is 4.79 Å². The van der Waals surface area contributed by atoms with Crippen LogP contribution in [-0.4, -0.2) is 27.2 Å². The number of nitrogens with one attached hydrogen (secondary N) is 2. The first-order chi connectivity index (χ1) is 14.7. The molecule has 5 nitrogen and oxygen atoms in total. The third kappa shape index (κ3) is 4.58. The highest BCUT2D eigenvalue weighted by Gasteiger charge is 2.33. The molecule has 1 aromatic heterocycles. The molecule has 6 heteroatoms. The van der Waals surface area contributed by atoms with Crippen LogP contribution in [0.15, 0.2) is 65.8 Å². The number of H-pyrrole nitrogens is 1. The van der Waals surface area contributed by atoms with Crippen molar-refractivity contribution in [1.82, 2.24) is 15.3 Å². The maximum Gasteiger partial charge on any atom is 0.231 e. The zero-order valence-corrected chi connectivity index (χ0v) is 17.5. The van der Waals surface area contributed by atoms with Gasteiger partial charge in [0.25, 0.3) is 0 Å². The second-order valence-electron chi connectivity index (χ2n) is 7.59. The van der Waals surface area contributed by atoms with Crippen molar-refractivity contribution >= 4 is 17.7 Å². The summed E-state index contributed by atoms with van der Waals surface area (Å²) >= 11 is 1.36. The summed E-state index contributed by atoms with van der Waals surface area (Å²) in [7, 11) is 0. The molecule has 0 unspecified atom stereocenters. The van der Waals surface area contributed by atoms with Crippen LogP contribution in [0.5, 0.6) is 0 Å². The van der Waals surface area contributed by atoms with E-state index >= 15 is 0 Å². The molecule has 0 atom stereocenters. The predicted molar refractivity (Wildman–Crippen MR) is 120 cm³/mol. The molecular formula is C24H24N4OS. The summed E-state index contributed by atoms with van der Waals surface area (Å²) in [5.74, 6) is 0.0988. The van der Waals surface area contributed by atoms with Crippen molar-refractivity contribution in [3.8, 4) is 28.6 Å². The van der Waals surface area contributed by atoms with E-state index in [2.05, 4.69) is 16.4 Å². The van der Waals surface area contributed by atoms with Gasteiger partial charge in [0.05, 0.1) is 23.2 Å². The van der Waals surface area contributed by atoms with Gasteiger partial charge in [0.1, 0.15) is 5.54 Å². The summed E-state index contributed by atoms with van der Waals surface area (Å²) in [4.78, 5) is 20.7. The Balaban J connectivity index is 1.51. The zero-order chi connectivity index (χ0) is 20.8. The lowest BCUT2D eigenvalue weighted by Gasteiger charge is -2.31. The quantitative estimate of drug-likeness (QED) is 0.543. The number of nitriles is 1. The van der Waals surface area contributed by atoms with Gasteiger partial charge in [-0.3, -0.25) is 4.79 Å². The zero-order valence-electron chi connectivity index (χ0n) is 16.7. The van der Waals surface area contributed by atoms with E-state index in [1.54, 1.807) is 0 Å². The molecule has 30 heavy (non-hydrogen) atoms. The summed E-state index contributed by atoms with van der Waals surface area (Å²) in [5.41, 5.74) is 3.17. The van der Waals surface area contributed by atoms with Crippen LogP contribution in [0.4, 0.5) is 0 Å². The van der Waals surface area contributed by atoms with Gasteiger partial charge in [0.15, 0.2) is 5.16 Å². The van der Waals surface area contributed by atoms with E-state index in [0.29, 0.717) is 5.16 Å². The average molecular weight is 417 g/mol. The largest absolute Gasteiger partial charge is 0.337 e. The second kappa shape index (κ2) is 9.19. The third-order valence-electron chi connectivity index (χ3n) is 5.43. The highest BCUT2D eigenvalue weighted by atomic mass is 32.2. The number of benzene rings is 2. The molecular weight excluding hydrogens is 392 g/mol. The molecule has 152 valence electrons. The Labute approximate surface area is 180 Å². The molecule has 0 saturated heterocycles. The number of hydrogen-bond acceptors (Lipinski definition) is 4. The Hall–Kier alpha value is -3.04. The minimum absolute atomic E-state index is 0.123. The summed E-state index contributed by atoms with van der Waals surface area (Å²) in [6.07, 6.45) is 4.57. The molecule has 0 aliphatic heterocycles. The summed E-state index contributed by atoms with van der Waals surface area (Å²) in [5, 5.41) is 13.2. The van der Waals surface area contributed by atoms with E-state index in [0.717, 1.165) is 54.6 Å². The van der Waals surface area contributed by atoms with Gasteiger partial charge in [-0.1, -0.05) is 91.7 Å². The summed E-state index contributed by atoms with van der Waals surface area (Å²) < 4.78 is 0. The molecule has 1 fully saturated rings. The summed E-state index contributed by atoms with van der Waals surface area (Å²) in [6.45, 7) is 0. The van der Waals surface area contributed by atoms with Crippen molar-refractivity contribution in [2.75, 3.05) is 5.75 Å². The molecule has 2 aromatic carbocycles. The maximum atomic E-state index is 12.6. The molecule has 1 saturated carbocycles. The van der Waals surface area contributed by atoms with Gasteiger partial charge < -0.3 is 10.3 Å². The SMILES string of the molecule is N#CC1(NC(=O)CSc2nc(-c3ccccc3)c(-c3ccccc3)[nH]2)CCCCC1. The normalized spacial score (nSPS) is 15.3. The minimum atomic E-state index is -0.705. The Morgan fingerprint density at radius 2 is 1.67 bits per heavy atom. The number of rotatable bonds is 6. The lowest BCUT2D eigenvalue weighted by Crippen LogP contribution is -2.49. The molecule has 1 heterocycles. The first-order valence-corrected chi connectivity index (χ1v) is 11.2. The van der Waals surface area contributed by atoms with Crippen LogP contribution in [0.3, 0.4) is 0 Å². The van der Waals surface area contributed by atoms with Crippen LogP contribution in [0.2, 0.25) is 0 Å². The van der Waals surface area contributed by atoms with Crippen LogP contribution in [0.1, 0.15) is 32.1 Å². The molecule has 1 amide bonds. The number of thioether (sulfide) groups is 1. The van der Waals surface area contributed by atoms with Gasteiger partial charge in [-0.05, 0) is 12.8 Å². The van der Waals surface area contributed by atoms with Gasteiger partial charge in [-0.2, -0.15) is 5.26 Å². The topological polar surface area (TPSA) is 81.6 Å². The Kier molecular flexibility index (Phi) is 6.20. The summed E-state index contributed by atoms with van der Waals surface area (Å²) in [6, 6.07) is 22.4. The van der Waals surface area contributed by atoms with E-state index < -0.39 is 5.54 Å². The number of nitrogens with zero attached hydrogens (tertiary/aromatic N) is 2. The van der Waals surface area contributed by atoms with Crippen molar-refractivity contribution < 1.29 is 4.79 Å². The molecule has 1 aliphatic rings. The van der Waals surface area contributed by atoms with Gasteiger partial charge in [-0.25, -0.2) is 4.98 Å².